The van der Waals surface area contributed by atoms with Gasteiger partial charge in [0.1, 0.15) is 18.0 Å². The van der Waals surface area contributed by atoms with Gasteiger partial charge < -0.3 is 10.1 Å². The highest BCUT2D eigenvalue weighted by molar-refractivity contribution is 6.03. The van der Waals surface area contributed by atoms with E-state index in [9.17, 15) is 14.0 Å². The fourth-order valence-corrected chi connectivity index (χ4v) is 1.82. The highest BCUT2D eigenvalue weighted by Crippen LogP contribution is 2.10. The molecule has 0 saturated heterocycles. The van der Waals surface area contributed by atoms with Gasteiger partial charge in [0, 0.05) is 5.69 Å². The fraction of sp³-hybridized carbons (Fsp3) is 0.118. The van der Waals surface area contributed by atoms with Crippen LogP contribution in [0, 0.1) is 5.82 Å². The van der Waals surface area contributed by atoms with Crippen LogP contribution < -0.4 is 15.5 Å². The van der Waals surface area contributed by atoms with E-state index in [0.29, 0.717) is 11.4 Å². The van der Waals surface area contributed by atoms with Gasteiger partial charge in [0.2, 0.25) is 11.8 Å². The van der Waals surface area contributed by atoms with Gasteiger partial charge in [0.15, 0.2) is 0 Å². The summed E-state index contributed by atoms with van der Waals surface area (Å²) in [6, 6.07) is 12.4. The minimum absolute atomic E-state index is 0.396. The van der Waals surface area contributed by atoms with Gasteiger partial charge >= 0.3 is 0 Å². The fourth-order valence-electron chi connectivity index (χ4n) is 1.82. The summed E-state index contributed by atoms with van der Waals surface area (Å²) in [5.74, 6) is -0.814. The van der Waals surface area contributed by atoms with E-state index >= 15 is 0 Å². The first kappa shape index (κ1) is 17.1. The monoisotopic (exact) mass is 329 g/mol. The normalized spacial score (nSPS) is 10.4. The number of methoxy groups -OCH3 is 1. The van der Waals surface area contributed by atoms with Crippen LogP contribution in [0.4, 0.5) is 10.1 Å². The molecule has 24 heavy (non-hydrogen) atoms. The third-order valence-electron chi connectivity index (χ3n) is 2.95. The van der Waals surface area contributed by atoms with E-state index in [0.717, 1.165) is 5.56 Å². The molecule has 0 aliphatic carbocycles. The molecule has 2 amide bonds. The van der Waals surface area contributed by atoms with Gasteiger partial charge in [-0.1, -0.05) is 12.1 Å². The molecule has 0 atom stereocenters. The average molecular weight is 329 g/mol. The van der Waals surface area contributed by atoms with E-state index in [1.54, 1.807) is 31.4 Å². The van der Waals surface area contributed by atoms with E-state index in [1.807, 2.05) is 0 Å². The van der Waals surface area contributed by atoms with Crippen LogP contribution in [0.3, 0.4) is 0 Å². The van der Waals surface area contributed by atoms with Crippen LogP contribution in [0.5, 0.6) is 5.75 Å². The number of nitrogens with one attached hydrogen (secondary N) is 2. The first-order valence-corrected chi connectivity index (χ1v) is 7.08. The van der Waals surface area contributed by atoms with Crippen LogP contribution in [-0.4, -0.2) is 25.1 Å². The molecular formula is C17H16FN3O3. The zero-order valence-electron chi connectivity index (χ0n) is 13.0. The van der Waals surface area contributed by atoms with Gasteiger partial charge in [0.25, 0.3) is 0 Å². The molecule has 0 fully saturated rings. The Kier molecular flexibility index (Phi) is 6.01. The van der Waals surface area contributed by atoms with Gasteiger partial charge in [-0.3, -0.25) is 9.59 Å². The van der Waals surface area contributed by atoms with Crippen molar-refractivity contribution in [3.8, 4) is 5.75 Å². The highest BCUT2D eigenvalue weighted by atomic mass is 19.1. The number of halogens is 1. The van der Waals surface area contributed by atoms with Crippen molar-refractivity contribution in [2.45, 2.75) is 6.42 Å². The Bertz CT molecular complexity index is 745. The average Bonchev–Trinajstić information content (AvgIpc) is 2.57. The second-order valence-corrected chi connectivity index (χ2v) is 4.80. The van der Waals surface area contributed by atoms with Crippen molar-refractivity contribution in [1.82, 2.24) is 5.43 Å². The van der Waals surface area contributed by atoms with Crippen molar-refractivity contribution in [3.63, 3.8) is 0 Å². The van der Waals surface area contributed by atoms with Gasteiger partial charge in [0.05, 0.1) is 13.3 Å². The number of carbonyl (C=O) groups excluding carboxylic acids is 2. The summed E-state index contributed by atoms with van der Waals surface area (Å²) in [7, 11) is 1.55. The number of hydrazone groups is 1. The molecule has 0 radical (unpaired) electrons. The third kappa shape index (κ3) is 5.53. The number of anilines is 1. The van der Waals surface area contributed by atoms with Gasteiger partial charge in [-0.2, -0.15) is 5.10 Å². The lowest BCUT2D eigenvalue weighted by molar-refractivity contribution is -0.126. The van der Waals surface area contributed by atoms with Crippen molar-refractivity contribution in [2.75, 3.05) is 12.4 Å². The number of rotatable bonds is 6. The number of benzene rings is 2. The minimum Gasteiger partial charge on any atom is -0.497 e. The first-order chi connectivity index (χ1) is 11.6. The molecule has 0 heterocycles. The Labute approximate surface area is 138 Å². The first-order valence-electron chi connectivity index (χ1n) is 7.08. The molecule has 2 aromatic carbocycles. The maximum atomic E-state index is 12.8. The molecule has 2 rings (SSSR count). The number of carbonyl (C=O) groups is 2. The van der Waals surface area contributed by atoms with Crippen molar-refractivity contribution in [2.24, 2.45) is 5.10 Å². The van der Waals surface area contributed by atoms with Gasteiger partial charge in [-0.25, -0.2) is 9.82 Å². The van der Waals surface area contributed by atoms with Crippen LogP contribution in [0.15, 0.2) is 53.6 Å². The van der Waals surface area contributed by atoms with E-state index in [4.69, 9.17) is 4.74 Å². The molecule has 0 unspecified atom stereocenters. The summed E-state index contributed by atoms with van der Waals surface area (Å²) in [4.78, 5) is 23.3. The predicted octanol–water partition coefficient (Wildman–Crippen LogP) is 2.31. The lowest BCUT2D eigenvalue weighted by Gasteiger charge is -2.04. The topological polar surface area (TPSA) is 79.8 Å². The highest BCUT2D eigenvalue weighted by Gasteiger charge is 2.08. The van der Waals surface area contributed by atoms with Crippen molar-refractivity contribution in [1.29, 1.82) is 0 Å². The molecule has 0 saturated carbocycles. The summed E-state index contributed by atoms with van der Waals surface area (Å²) in [6.45, 7) is 0. The zero-order valence-corrected chi connectivity index (χ0v) is 13.0. The number of hydrogen-bond acceptors (Lipinski definition) is 4. The van der Waals surface area contributed by atoms with Crippen molar-refractivity contribution in [3.05, 3.63) is 59.9 Å². The molecular weight excluding hydrogens is 313 g/mol. The van der Waals surface area contributed by atoms with Crippen LogP contribution in [0.25, 0.3) is 0 Å². The van der Waals surface area contributed by atoms with Crippen molar-refractivity contribution < 1.29 is 18.7 Å². The zero-order chi connectivity index (χ0) is 17.4. The number of hydrogen-bond donors (Lipinski definition) is 2. The van der Waals surface area contributed by atoms with Crippen LogP contribution >= 0.6 is 0 Å². The van der Waals surface area contributed by atoms with E-state index in [-0.39, 0.29) is 0 Å². The Morgan fingerprint density at radius 1 is 1.17 bits per heavy atom. The lowest BCUT2D eigenvalue weighted by Crippen LogP contribution is -2.24. The molecule has 0 spiro atoms. The van der Waals surface area contributed by atoms with E-state index < -0.39 is 24.1 Å². The summed E-state index contributed by atoms with van der Waals surface area (Å²) >= 11 is 0. The third-order valence-corrected chi connectivity index (χ3v) is 2.95. The largest absolute Gasteiger partial charge is 0.497 e. The summed E-state index contributed by atoms with van der Waals surface area (Å²) < 4.78 is 17.8. The van der Waals surface area contributed by atoms with Crippen molar-refractivity contribution >= 4 is 23.7 Å². The van der Waals surface area contributed by atoms with E-state index in [1.165, 1.54) is 30.5 Å². The SMILES string of the molecule is COc1cccc(C=NNC(=O)CC(=O)Nc2ccc(F)cc2)c1. The maximum absolute atomic E-state index is 12.8. The molecule has 0 aromatic heterocycles. The molecule has 6 nitrogen and oxygen atoms in total. The second kappa shape index (κ2) is 8.42. The molecule has 2 N–H and O–H groups in total. The molecule has 7 heteroatoms. The number of nitrogens with zero attached hydrogens (tertiary/aromatic N) is 1. The smallest absolute Gasteiger partial charge is 0.249 e. The number of ether oxygens (including phenoxy) is 1. The van der Waals surface area contributed by atoms with Gasteiger partial charge in [-0.15, -0.1) is 0 Å². The Morgan fingerprint density at radius 3 is 2.62 bits per heavy atom. The van der Waals surface area contributed by atoms with Crippen LogP contribution in [0.2, 0.25) is 0 Å². The second-order valence-electron chi connectivity index (χ2n) is 4.80. The predicted molar refractivity (Wildman–Crippen MR) is 88.4 cm³/mol. The summed E-state index contributed by atoms with van der Waals surface area (Å²) in [5.41, 5.74) is 3.42. The van der Waals surface area contributed by atoms with Crippen LogP contribution in [-0.2, 0) is 9.59 Å². The molecule has 124 valence electrons. The lowest BCUT2D eigenvalue weighted by atomic mass is 10.2. The van der Waals surface area contributed by atoms with Crippen LogP contribution in [0.1, 0.15) is 12.0 Å². The van der Waals surface area contributed by atoms with E-state index in [2.05, 4.69) is 15.8 Å². The number of amides is 2. The standard InChI is InChI=1S/C17H16FN3O3/c1-24-15-4-2-3-12(9-15)11-19-21-17(23)10-16(22)20-14-7-5-13(18)6-8-14/h2-9,11H,10H2,1H3,(H,20,22)(H,21,23). The summed E-state index contributed by atoms with van der Waals surface area (Å²) in [6.07, 6.45) is 1.05. The van der Waals surface area contributed by atoms with Gasteiger partial charge in [-0.05, 0) is 42.0 Å². The molecule has 0 aliphatic rings. The Morgan fingerprint density at radius 2 is 1.92 bits per heavy atom. The summed E-state index contributed by atoms with van der Waals surface area (Å²) in [5, 5.41) is 6.27. The Hall–Kier alpha value is -3.22. The quantitative estimate of drug-likeness (QED) is 0.485. The molecule has 0 bridgehead atoms. The molecule has 0 aliphatic heterocycles. The maximum Gasteiger partial charge on any atom is 0.249 e. The Balaban J connectivity index is 1.80. The minimum atomic E-state index is -0.561. The molecule has 2 aromatic rings.